The lowest BCUT2D eigenvalue weighted by Gasteiger charge is -2.12. The van der Waals surface area contributed by atoms with Crippen molar-refractivity contribution in [2.45, 2.75) is 0 Å². The molecule has 9 heteroatoms. The first-order valence-electron chi connectivity index (χ1n) is 10.3. The van der Waals surface area contributed by atoms with Crippen LogP contribution in [-0.4, -0.2) is 36.7 Å². The molecule has 0 spiro atoms. The van der Waals surface area contributed by atoms with Crippen LogP contribution in [0.25, 0.3) is 10.9 Å². The van der Waals surface area contributed by atoms with Crippen LogP contribution in [0.2, 0.25) is 0 Å². The molecule has 4 rings (SSSR count). The zero-order valence-electron chi connectivity index (χ0n) is 18.5. The van der Waals surface area contributed by atoms with Gasteiger partial charge >= 0.3 is 0 Å². The predicted octanol–water partition coefficient (Wildman–Crippen LogP) is 4.55. The van der Waals surface area contributed by atoms with Gasteiger partial charge in [0, 0.05) is 28.4 Å². The summed E-state index contributed by atoms with van der Waals surface area (Å²) in [6.45, 7) is -0.0819. The maximum atomic E-state index is 12.6. The van der Waals surface area contributed by atoms with Gasteiger partial charge in [0.15, 0.2) is 18.1 Å². The molecule has 0 atom stereocenters. The van der Waals surface area contributed by atoms with Crippen LogP contribution in [0.3, 0.4) is 0 Å². The van der Waals surface area contributed by atoms with Gasteiger partial charge in [0.05, 0.1) is 19.7 Å². The highest BCUT2D eigenvalue weighted by Crippen LogP contribution is 2.34. The fourth-order valence-electron chi connectivity index (χ4n) is 3.30. The maximum absolute atomic E-state index is 12.6. The number of anilines is 3. The number of aromatic nitrogens is 2. The Morgan fingerprint density at radius 3 is 2.44 bits per heavy atom. The fourth-order valence-corrected chi connectivity index (χ4v) is 3.30. The molecule has 0 aliphatic rings. The molecule has 1 heterocycles. The van der Waals surface area contributed by atoms with E-state index in [1.54, 1.807) is 56.7 Å². The van der Waals surface area contributed by atoms with Crippen molar-refractivity contribution >= 4 is 34.0 Å². The number of carbonyl (C=O) groups excluding carboxylic acids is 1. The van der Waals surface area contributed by atoms with Crippen molar-refractivity contribution < 1.29 is 19.0 Å². The molecule has 170 valence electrons. The van der Waals surface area contributed by atoms with Crippen LogP contribution in [0.15, 0.2) is 67.0 Å². The van der Waals surface area contributed by atoms with Gasteiger partial charge in [-0.25, -0.2) is 9.97 Å². The molecule has 0 unspecified atom stereocenters. The highest BCUT2D eigenvalue weighted by molar-refractivity contribution is 6.04. The van der Waals surface area contributed by atoms with E-state index >= 15 is 0 Å². The molecular formula is C25H21N5O4. The Labute approximate surface area is 195 Å². The van der Waals surface area contributed by atoms with E-state index in [2.05, 4.69) is 20.6 Å². The van der Waals surface area contributed by atoms with Crippen LogP contribution in [0.4, 0.5) is 17.2 Å². The SMILES string of the molecule is COc1cc2ncnc(Nc3ccc(NC(=O)c4cccc(OCC#N)c4)cc3)c2cc1OC. The molecule has 0 saturated heterocycles. The van der Waals surface area contributed by atoms with E-state index in [0.717, 1.165) is 11.1 Å². The Hall–Kier alpha value is -4.84. The fraction of sp³-hybridized carbons (Fsp3) is 0.120. The van der Waals surface area contributed by atoms with Crippen molar-refractivity contribution in [3.05, 3.63) is 72.6 Å². The average molecular weight is 455 g/mol. The first-order chi connectivity index (χ1) is 16.6. The Bertz CT molecular complexity index is 1370. The minimum Gasteiger partial charge on any atom is -0.493 e. The number of methoxy groups -OCH3 is 2. The van der Waals surface area contributed by atoms with Gasteiger partial charge < -0.3 is 24.8 Å². The minimum absolute atomic E-state index is 0.0819. The van der Waals surface area contributed by atoms with Crippen molar-refractivity contribution in [1.29, 1.82) is 5.26 Å². The van der Waals surface area contributed by atoms with Crippen molar-refractivity contribution in [2.75, 3.05) is 31.5 Å². The zero-order chi connectivity index (χ0) is 23.9. The van der Waals surface area contributed by atoms with E-state index in [1.165, 1.54) is 6.33 Å². The summed E-state index contributed by atoms with van der Waals surface area (Å²) in [5.41, 5.74) is 2.53. The third kappa shape index (κ3) is 4.97. The monoisotopic (exact) mass is 455 g/mol. The third-order valence-corrected chi connectivity index (χ3v) is 4.95. The van der Waals surface area contributed by atoms with Crippen LogP contribution >= 0.6 is 0 Å². The molecule has 1 aromatic heterocycles. The summed E-state index contributed by atoms with van der Waals surface area (Å²) in [5, 5.41) is 15.5. The van der Waals surface area contributed by atoms with Gasteiger partial charge in [-0.3, -0.25) is 4.79 Å². The number of carbonyl (C=O) groups is 1. The van der Waals surface area contributed by atoms with Gasteiger partial charge in [-0.1, -0.05) is 6.07 Å². The third-order valence-electron chi connectivity index (χ3n) is 4.95. The molecule has 0 bridgehead atoms. The molecule has 0 aliphatic carbocycles. The molecule has 4 aromatic rings. The standard InChI is InChI=1S/C25H21N5O4/c1-32-22-13-20-21(14-23(22)33-2)27-15-28-24(20)29-17-6-8-18(9-7-17)30-25(31)16-4-3-5-19(12-16)34-11-10-26/h3-9,12-15H,11H2,1-2H3,(H,30,31)(H,27,28,29). The van der Waals surface area contributed by atoms with Gasteiger partial charge in [-0.05, 0) is 48.5 Å². The topological polar surface area (TPSA) is 118 Å². The second-order valence-corrected chi connectivity index (χ2v) is 7.08. The van der Waals surface area contributed by atoms with E-state index < -0.39 is 0 Å². The molecule has 0 aliphatic heterocycles. The van der Waals surface area contributed by atoms with Gasteiger partial charge in [-0.15, -0.1) is 0 Å². The molecule has 0 saturated carbocycles. The quantitative estimate of drug-likeness (QED) is 0.397. The molecule has 34 heavy (non-hydrogen) atoms. The van der Waals surface area contributed by atoms with E-state index in [-0.39, 0.29) is 12.5 Å². The average Bonchev–Trinajstić information content (AvgIpc) is 2.88. The number of nitrogens with zero attached hydrogens (tertiary/aromatic N) is 3. The molecule has 2 N–H and O–H groups in total. The molecule has 0 fully saturated rings. The van der Waals surface area contributed by atoms with E-state index in [9.17, 15) is 4.79 Å². The Morgan fingerprint density at radius 1 is 0.971 bits per heavy atom. The van der Waals surface area contributed by atoms with Crippen LogP contribution in [0.1, 0.15) is 10.4 Å². The second kappa shape index (κ2) is 10.2. The second-order valence-electron chi connectivity index (χ2n) is 7.08. The van der Waals surface area contributed by atoms with E-state index in [0.29, 0.717) is 39.8 Å². The predicted molar refractivity (Wildman–Crippen MR) is 128 cm³/mol. The number of hydrogen-bond donors (Lipinski definition) is 2. The summed E-state index contributed by atoms with van der Waals surface area (Å²) in [4.78, 5) is 21.2. The number of fused-ring (bicyclic) bond motifs is 1. The summed E-state index contributed by atoms with van der Waals surface area (Å²) in [5.74, 6) is 1.94. The number of rotatable bonds is 8. The molecule has 3 aromatic carbocycles. The van der Waals surface area contributed by atoms with E-state index in [4.69, 9.17) is 19.5 Å². The molecule has 1 amide bonds. The molecule has 9 nitrogen and oxygen atoms in total. The first kappa shape index (κ1) is 22.4. The summed E-state index contributed by atoms with van der Waals surface area (Å²) < 4.78 is 16.0. The first-order valence-corrected chi connectivity index (χ1v) is 10.3. The van der Waals surface area contributed by atoms with Crippen molar-refractivity contribution in [1.82, 2.24) is 9.97 Å². The number of amides is 1. The summed E-state index contributed by atoms with van der Waals surface area (Å²) in [6.07, 6.45) is 1.47. The summed E-state index contributed by atoms with van der Waals surface area (Å²) in [7, 11) is 3.15. The van der Waals surface area contributed by atoms with Crippen LogP contribution < -0.4 is 24.8 Å². The number of hydrogen-bond acceptors (Lipinski definition) is 8. The number of nitrogens with one attached hydrogen (secondary N) is 2. The van der Waals surface area contributed by atoms with Crippen LogP contribution in [0.5, 0.6) is 17.2 Å². The van der Waals surface area contributed by atoms with Gasteiger partial charge in [0.2, 0.25) is 0 Å². The smallest absolute Gasteiger partial charge is 0.255 e. The Balaban J connectivity index is 1.49. The van der Waals surface area contributed by atoms with Crippen molar-refractivity contribution in [3.8, 4) is 23.3 Å². The summed E-state index contributed by atoms with van der Waals surface area (Å²) in [6, 6.07) is 19.4. The highest BCUT2D eigenvalue weighted by Gasteiger charge is 2.12. The van der Waals surface area contributed by atoms with Crippen molar-refractivity contribution in [3.63, 3.8) is 0 Å². The minimum atomic E-state index is -0.286. The van der Waals surface area contributed by atoms with Gasteiger partial charge in [0.25, 0.3) is 5.91 Å². The molecular weight excluding hydrogens is 434 g/mol. The largest absolute Gasteiger partial charge is 0.493 e. The van der Waals surface area contributed by atoms with Crippen LogP contribution in [0, 0.1) is 11.3 Å². The van der Waals surface area contributed by atoms with E-state index in [1.807, 2.05) is 24.3 Å². The lowest BCUT2D eigenvalue weighted by Crippen LogP contribution is -2.12. The highest BCUT2D eigenvalue weighted by atomic mass is 16.5. The lowest BCUT2D eigenvalue weighted by atomic mass is 10.2. The Morgan fingerprint density at radius 2 is 1.71 bits per heavy atom. The van der Waals surface area contributed by atoms with Crippen molar-refractivity contribution in [2.24, 2.45) is 0 Å². The summed E-state index contributed by atoms with van der Waals surface area (Å²) >= 11 is 0. The number of benzene rings is 3. The van der Waals surface area contributed by atoms with Gasteiger partial charge in [-0.2, -0.15) is 5.26 Å². The normalized spacial score (nSPS) is 10.3. The zero-order valence-corrected chi connectivity index (χ0v) is 18.5. The van der Waals surface area contributed by atoms with Crippen LogP contribution in [-0.2, 0) is 0 Å². The maximum Gasteiger partial charge on any atom is 0.255 e. The number of ether oxygens (including phenoxy) is 3. The molecule has 0 radical (unpaired) electrons. The van der Waals surface area contributed by atoms with Gasteiger partial charge in [0.1, 0.15) is 24.0 Å². The lowest BCUT2D eigenvalue weighted by molar-refractivity contribution is 0.102. The Kier molecular flexibility index (Phi) is 6.70. The number of nitriles is 1.